The molecule has 6 nitrogen and oxygen atoms in total. The number of aromatic nitrogens is 2. The first-order valence-electron chi connectivity index (χ1n) is 6.70. The lowest BCUT2D eigenvalue weighted by Crippen LogP contribution is -2.50. The Hall–Kier alpha value is -1.56. The van der Waals surface area contributed by atoms with Crippen molar-refractivity contribution < 1.29 is 9.53 Å². The van der Waals surface area contributed by atoms with E-state index in [1.807, 2.05) is 13.8 Å². The Morgan fingerprint density at radius 1 is 1.58 bits per heavy atom. The number of carbonyl (C=O) groups is 1. The van der Waals surface area contributed by atoms with Crippen LogP contribution in [0.4, 0.5) is 5.69 Å². The molecule has 106 valence electrons. The van der Waals surface area contributed by atoms with E-state index in [4.69, 9.17) is 10.5 Å². The fraction of sp³-hybridized carbons (Fsp3) is 0.692. The molecule has 2 rings (SSSR count). The summed E-state index contributed by atoms with van der Waals surface area (Å²) in [6.07, 6.45) is 1.77. The van der Waals surface area contributed by atoms with Gasteiger partial charge in [-0.05, 0) is 20.3 Å². The molecular formula is C13H22N4O2. The van der Waals surface area contributed by atoms with Crippen molar-refractivity contribution in [2.45, 2.75) is 39.2 Å². The number of aromatic amines is 1. The Morgan fingerprint density at radius 3 is 2.95 bits per heavy atom. The topological polar surface area (TPSA) is 84.2 Å². The van der Waals surface area contributed by atoms with Crippen molar-refractivity contribution >= 4 is 11.6 Å². The molecule has 1 amide bonds. The molecule has 0 bridgehead atoms. The summed E-state index contributed by atoms with van der Waals surface area (Å²) >= 11 is 0. The van der Waals surface area contributed by atoms with E-state index in [-0.39, 0.29) is 11.5 Å². The summed E-state index contributed by atoms with van der Waals surface area (Å²) in [5.74, 6) is -0.118. The molecule has 1 saturated heterocycles. The Morgan fingerprint density at radius 2 is 2.32 bits per heavy atom. The van der Waals surface area contributed by atoms with Crippen molar-refractivity contribution in [3.05, 3.63) is 11.4 Å². The first kappa shape index (κ1) is 13.9. The second kappa shape index (κ2) is 5.21. The number of aryl methyl sites for hydroxylation is 1. The van der Waals surface area contributed by atoms with Crippen LogP contribution >= 0.6 is 0 Å². The predicted molar refractivity (Wildman–Crippen MR) is 72.9 cm³/mol. The van der Waals surface area contributed by atoms with E-state index in [1.54, 1.807) is 4.90 Å². The maximum atomic E-state index is 12.4. The Kier molecular flexibility index (Phi) is 3.80. The van der Waals surface area contributed by atoms with Gasteiger partial charge in [-0.15, -0.1) is 0 Å². The lowest BCUT2D eigenvalue weighted by Gasteiger charge is -2.37. The summed E-state index contributed by atoms with van der Waals surface area (Å²) in [6, 6.07) is 0. The molecule has 0 saturated carbocycles. The molecule has 3 N–H and O–H groups in total. The maximum Gasteiger partial charge on any atom is 0.276 e. The molecule has 1 aromatic heterocycles. The highest BCUT2D eigenvalue weighted by Gasteiger charge is 2.32. The summed E-state index contributed by atoms with van der Waals surface area (Å²) in [5, 5.41) is 6.94. The molecule has 0 unspecified atom stereocenters. The normalized spacial score (nSPS) is 18.6. The lowest BCUT2D eigenvalue weighted by molar-refractivity contribution is -0.0764. The van der Waals surface area contributed by atoms with Gasteiger partial charge < -0.3 is 15.4 Å². The fourth-order valence-corrected chi connectivity index (χ4v) is 2.33. The molecule has 2 heterocycles. The summed E-state index contributed by atoms with van der Waals surface area (Å²) in [5.41, 5.74) is 7.34. The van der Waals surface area contributed by atoms with E-state index in [0.717, 1.165) is 18.5 Å². The third kappa shape index (κ3) is 2.89. The van der Waals surface area contributed by atoms with Crippen LogP contribution in [0.2, 0.25) is 0 Å². The van der Waals surface area contributed by atoms with Crippen LogP contribution in [-0.4, -0.2) is 46.3 Å². The molecule has 6 heteroatoms. The SMILES string of the molecule is CCCc1[nH]nc(C(=O)N2CCOC(C)(C)C2)c1N. The number of amides is 1. The van der Waals surface area contributed by atoms with E-state index in [0.29, 0.717) is 31.1 Å². The van der Waals surface area contributed by atoms with Gasteiger partial charge in [-0.25, -0.2) is 0 Å². The number of anilines is 1. The average molecular weight is 266 g/mol. The van der Waals surface area contributed by atoms with Gasteiger partial charge in [0, 0.05) is 13.1 Å². The van der Waals surface area contributed by atoms with Gasteiger partial charge in [0.05, 0.1) is 23.6 Å². The highest BCUT2D eigenvalue weighted by atomic mass is 16.5. The van der Waals surface area contributed by atoms with Crippen LogP contribution in [0.3, 0.4) is 0 Å². The van der Waals surface area contributed by atoms with Crippen LogP contribution in [0.15, 0.2) is 0 Å². The van der Waals surface area contributed by atoms with Crippen LogP contribution < -0.4 is 5.73 Å². The van der Waals surface area contributed by atoms with Gasteiger partial charge in [0.1, 0.15) is 0 Å². The van der Waals surface area contributed by atoms with Crippen molar-refractivity contribution in [3.8, 4) is 0 Å². The number of nitrogens with zero attached hydrogens (tertiary/aromatic N) is 2. The number of hydrogen-bond donors (Lipinski definition) is 2. The van der Waals surface area contributed by atoms with Gasteiger partial charge in [-0.1, -0.05) is 13.3 Å². The number of H-pyrrole nitrogens is 1. The van der Waals surface area contributed by atoms with E-state index >= 15 is 0 Å². The smallest absolute Gasteiger partial charge is 0.276 e. The molecule has 0 aromatic carbocycles. The molecule has 0 spiro atoms. The quantitative estimate of drug-likeness (QED) is 0.861. The van der Waals surface area contributed by atoms with Crippen molar-refractivity contribution in [3.63, 3.8) is 0 Å². The van der Waals surface area contributed by atoms with Gasteiger partial charge in [0.25, 0.3) is 5.91 Å². The second-order valence-corrected chi connectivity index (χ2v) is 5.55. The van der Waals surface area contributed by atoms with Crippen molar-refractivity contribution in [1.82, 2.24) is 15.1 Å². The molecule has 0 radical (unpaired) electrons. The van der Waals surface area contributed by atoms with E-state index in [2.05, 4.69) is 17.1 Å². The zero-order valence-electron chi connectivity index (χ0n) is 11.8. The van der Waals surface area contributed by atoms with Crippen LogP contribution in [0.25, 0.3) is 0 Å². The van der Waals surface area contributed by atoms with Gasteiger partial charge in [-0.3, -0.25) is 9.89 Å². The van der Waals surface area contributed by atoms with Crippen molar-refractivity contribution in [2.75, 3.05) is 25.4 Å². The molecule has 19 heavy (non-hydrogen) atoms. The van der Waals surface area contributed by atoms with Crippen LogP contribution in [0, 0.1) is 0 Å². The average Bonchev–Trinajstić information content (AvgIpc) is 2.70. The number of morpholine rings is 1. The largest absolute Gasteiger partial charge is 0.395 e. The molecule has 0 atom stereocenters. The molecular weight excluding hydrogens is 244 g/mol. The molecule has 1 aliphatic heterocycles. The standard InChI is InChI=1S/C13H22N4O2/c1-4-5-9-10(14)11(16-15-9)12(18)17-6-7-19-13(2,3)8-17/h4-8,14H2,1-3H3,(H,15,16). The van der Waals surface area contributed by atoms with Gasteiger partial charge in [-0.2, -0.15) is 5.10 Å². The Balaban J connectivity index is 2.15. The Bertz CT molecular complexity index is 467. The van der Waals surface area contributed by atoms with Crippen LogP contribution in [0.5, 0.6) is 0 Å². The van der Waals surface area contributed by atoms with E-state index < -0.39 is 0 Å². The zero-order valence-corrected chi connectivity index (χ0v) is 11.8. The summed E-state index contributed by atoms with van der Waals surface area (Å²) in [7, 11) is 0. The monoisotopic (exact) mass is 266 g/mol. The first-order chi connectivity index (χ1) is 8.94. The maximum absolute atomic E-state index is 12.4. The number of rotatable bonds is 3. The molecule has 0 aliphatic carbocycles. The van der Waals surface area contributed by atoms with Crippen molar-refractivity contribution in [1.29, 1.82) is 0 Å². The fourth-order valence-electron chi connectivity index (χ4n) is 2.33. The highest BCUT2D eigenvalue weighted by molar-refractivity contribution is 5.97. The first-order valence-corrected chi connectivity index (χ1v) is 6.70. The lowest BCUT2D eigenvalue weighted by atomic mass is 10.1. The highest BCUT2D eigenvalue weighted by Crippen LogP contribution is 2.21. The second-order valence-electron chi connectivity index (χ2n) is 5.55. The predicted octanol–water partition coefficient (Wildman–Crippen LogP) is 1.20. The minimum atomic E-state index is -0.314. The third-order valence-electron chi connectivity index (χ3n) is 3.30. The van der Waals surface area contributed by atoms with E-state index in [1.165, 1.54) is 0 Å². The third-order valence-corrected chi connectivity index (χ3v) is 3.30. The number of ether oxygens (including phenoxy) is 1. The van der Waals surface area contributed by atoms with Gasteiger partial charge in [0.2, 0.25) is 0 Å². The van der Waals surface area contributed by atoms with Gasteiger partial charge in [0.15, 0.2) is 5.69 Å². The molecule has 1 fully saturated rings. The number of nitrogens with one attached hydrogen (secondary N) is 1. The summed E-state index contributed by atoms with van der Waals surface area (Å²) in [4.78, 5) is 14.2. The summed E-state index contributed by atoms with van der Waals surface area (Å²) in [6.45, 7) is 7.70. The number of hydrogen-bond acceptors (Lipinski definition) is 4. The number of nitrogens with two attached hydrogens (primary N) is 1. The molecule has 1 aliphatic rings. The zero-order chi connectivity index (χ0) is 14.0. The Labute approximate surface area is 113 Å². The number of nitrogen functional groups attached to an aromatic ring is 1. The van der Waals surface area contributed by atoms with Gasteiger partial charge >= 0.3 is 0 Å². The van der Waals surface area contributed by atoms with Crippen LogP contribution in [-0.2, 0) is 11.2 Å². The molecule has 1 aromatic rings. The number of carbonyl (C=O) groups excluding carboxylic acids is 1. The van der Waals surface area contributed by atoms with Crippen molar-refractivity contribution in [2.24, 2.45) is 0 Å². The van der Waals surface area contributed by atoms with E-state index in [9.17, 15) is 4.79 Å². The minimum absolute atomic E-state index is 0.118. The summed E-state index contributed by atoms with van der Waals surface area (Å²) < 4.78 is 5.60. The minimum Gasteiger partial charge on any atom is -0.395 e. The van der Waals surface area contributed by atoms with Crippen LogP contribution in [0.1, 0.15) is 43.4 Å².